The largest absolute Gasteiger partial charge is 0.356 e. The Labute approximate surface area is 151 Å². The lowest BCUT2D eigenvalue weighted by molar-refractivity contribution is 0.192. The fourth-order valence-corrected chi connectivity index (χ4v) is 4.06. The molecule has 1 aromatic heterocycles. The number of rotatable bonds is 8. The van der Waals surface area contributed by atoms with Gasteiger partial charge in [0.25, 0.3) is 0 Å². The van der Waals surface area contributed by atoms with Crippen molar-refractivity contribution in [3.8, 4) is 0 Å². The van der Waals surface area contributed by atoms with Gasteiger partial charge in [-0.2, -0.15) is 0 Å². The average Bonchev–Trinajstić information content (AvgIpc) is 3.24. The molecule has 0 aliphatic carbocycles. The van der Waals surface area contributed by atoms with Gasteiger partial charge in [-0.1, -0.05) is 20.8 Å². The Bertz CT molecular complexity index is 505. The van der Waals surface area contributed by atoms with Crippen molar-refractivity contribution in [1.82, 2.24) is 20.5 Å². The van der Waals surface area contributed by atoms with Gasteiger partial charge in [-0.3, -0.25) is 9.89 Å². The molecule has 0 saturated carbocycles. The van der Waals surface area contributed by atoms with Gasteiger partial charge in [0, 0.05) is 43.7 Å². The van der Waals surface area contributed by atoms with Crippen molar-refractivity contribution < 1.29 is 0 Å². The highest BCUT2D eigenvalue weighted by Gasteiger charge is 2.24. The minimum absolute atomic E-state index is 0.581. The number of likely N-dealkylation sites (tertiary alicyclic amines) is 1. The zero-order valence-corrected chi connectivity index (χ0v) is 16.5. The monoisotopic (exact) mass is 351 g/mol. The summed E-state index contributed by atoms with van der Waals surface area (Å²) in [5.74, 6) is 1.55. The number of aliphatic imine (C=N–C) groups is 1. The van der Waals surface area contributed by atoms with Gasteiger partial charge in [-0.25, -0.2) is 4.98 Å². The SMILES string of the molecule is CCc1cnc(CCNC(=NC)NCC(C(C)C)N2CCCC2)s1. The molecule has 0 aromatic carbocycles. The minimum Gasteiger partial charge on any atom is -0.356 e. The van der Waals surface area contributed by atoms with Gasteiger partial charge in [0.2, 0.25) is 0 Å². The molecule has 1 unspecified atom stereocenters. The summed E-state index contributed by atoms with van der Waals surface area (Å²) in [4.78, 5) is 12.8. The van der Waals surface area contributed by atoms with Crippen LogP contribution in [-0.2, 0) is 12.8 Å². The van der Waals surface area contributed by atoms with Gasteiger partial charge >= 0.3 is 0 Å². The second-order valence-electron chi connectivity index (χ2n) is 6.76. The number of hydrogen-bond acceptors (Lipinski definition) is 4. The first-order valence-corrected chi connectivity index (χ1v) is 10.1. The van der Waals surface area contributed by atoms with Crippen molar-refractivity contribution in [1.29, 1.82) is 0 Å². The highest BCUT2D eigenvalue weighted by atomic mass is 32.1. The van der Waals surface area contributed by atoms with E-state index < -0.39 is 0 Å². The molecule has 1 saturated heterocycles. The molecule has 0 amide bonds. The zero-order chi connectivity index (χ0) is 17.4. The third-order valence-electron chi connectivity index (χ3n) is 4.66. The Morgan fingerprint density at radius 3 is 2.67 bits per heavy atom. The topological polar surface area (TPSA) is 52.6 Å². The standard InChI is InChI=1S/C18H33N5S/c1-5-15-12-21-17(24-15)8-9-20-18(19-4)22-13-16(14(2)3)23-10-6-7-11-23/h12,14,16H,5-11,13H2,1-4H3,(H2,19,20,22). The summed E-state index contributed by atoms with van der Waals surface area (Å²) in [6.45, 7) is 11.1. The Morgan fingerprint density at radius 1 is 1.33 bits per heavy atom. The van der Waals surface area contributed by atoms with Gasteiger partial charge in [0.15, 0.2) is 5.96 Å². The molecule has 1 fully saturated rings. The van der Waals surface area contributed by atoms with E-state index in [4.69, 9.17) is 0 Å². The molecule has 136 valence electrons. The lowest BCUT2D eigenvalue weighted by Crippen LogP contribution is -2.48. The first-order chi connectivity index (χ1) is 11.6. The predicted molar refractivity (Wildman–Crippen MR) is 104 cm³/mol. The first-order valence-electron chi connectivity index (χ1n) is 9.26. The van der Waals surface area contributed by atoms with Gasteiger partial charge < -0.3 is 10.6 Å². The number of nitrogens with zero attached hydrogens (tertiary/aromatic N) is 3. The smallest absolute Gasteiger partial charge is 0.191 e. The van der Waals surface area contributed by atoms with Crippen LogP contribution in [0.5, 0.6) is 0 Å². The fraction of sp³-hybridized carbons (Fsp3) is 0.778. The molecule has 1 atom stereocenters. The summed E-state index contributed by atoms with van der Waals surface area (Å²) in [6.07, 6.45) is 6.69. The van der Waals surface area contributed by atoms with E-state index in [1.807, 2.05) is 24.6 Å². The van der Waals surface area contributed by atoms with Crippen molar-refractivity contribution >= 4 is 17.3 Å². The quantitative estimate of drug-likeness (QED) is 0.558. The zero-order valence-electron chi connectivity index (χ0n) is 15.6. The minimum atomic E-state index is 0.581. The first kappa shape index (κ1) is 19.2. The maximum absolute atomic E-state index is 4.47. The summed E-state index contributed by atoms with van der Waals surface area (Å²) >= 11 is 1.81. The molecular weight excluding hydrogens is 318 g/mol. The Hall–Kier alpha value is -1.14. The van der Waals surface area contributed by atoms with E-state index in [9.17, 15) is 0 Å². The lowest BCUT2D eigenvalue weighted by Gasteiger charge is -2.31. The Kier molecular flexibility index (Phi) is 7.99. The van der Waals surface area contributed by atoms with Crippen molar-refractivity contribution in [2.24, 2.45) is 10.9 Å². The number of hydrogen-bond donors (Lipinski definition) is 2. The van der Waals surface area contributed by atoms with Gasteiger partial charge in [-0.05, 0) is 38.3 Å². The maximum Gasteiger partial charge on any atom is 0.191 e. The summed E-state index contributed by atoms with van der Waals surface area (Å²) in [5, 5.41) is 8.13. The van der Waals surface area contributed by atoms with Crippen LogP contribution in [0.4, 0.5) is 0 Å². The molecule has 5 nitrogen and oxygen atoms in total. The van der Waals surface area contributed by atoms with Crippen LogP contribution in [0.2, 0.25) is 0 Å². The maximum atomic E-state index is 4.47. The molecular formula is C18H33N5S. The van der Waals surface area contributed by atoms with Crippen LogP contribution in [0, 0.1) is 5.92 Å². The third-order valence-corrected chi connectivity index (χ3v) is 5.86. The van der Waals surface area contributed by atoms with Crippen molar-refractivity contribution in [2.75, 3.05) is 33.2 Å². The van der Waals surface area contributed by atoms with E-state index in [1.165, 1.54) is 35.8 Å². The van der Waals surface area contributed by atoms with Crippen molar-refractivity contribution in [2.45, 2.75) is 52.5 Å². The van der Waals surface area contributed by atoms with E-state index in [-0.39, 0.29) is 0 Å². The van der Waals surface area contributed by atoms with Crippen LogP contribution in [0.25, 0.3) is 0 Å². The number of guanidine groups is 1. The second-order valence-corrected chi connectivity index (χ2v) is 7.96. The van der Waals surface area contributed by atoms with Crippen molar-refractivity contribution in [3.05, 3.63) is 16.1 Å². The van der Waals surface area contributed by atoms with E-state index in [0.29, 0.717) is 12.0 Å². The number of thiazole rings is 1. The highest BCUT2D eigenvalue weighted by molar-refractivity contribution is 7.11. The molecule has 0 bridgehead atoms. The molecule has 1 aliphatic rings. The normalized spacial score (nSPS) is 17.5. The summed E-state index contributed by atoms with van der Waals surface area (Å²) in [6, 6.07) is 0.581. The van der Waals surface area contributed by atoms with Crippen LogP contribution >= 0.6 is 11.3 Å². The highest BCUT2D eigenvalue weighted by Crippen LogP contribution is 2.17. The van der Waals surface area contributed by atoms with Crippen LogP contribution in [0.3, 0.4) is 0 Å². The fourth-order valence-electron chi connectivity index (χ4n) is 3.20. The van der Waals surface area contributed by atoms with Crippen molar-refractivity contribution in [3.63, 3.8) is 0 Å². The molecule has 2 heterocycles. The summed E-state index contributed by atoms with van der Waals surface area (Å²) in [5.41, 5.74) is 0. The number of aromatic nitrogens is 1. The predicted octanol–water partition coefficient (Wildman–Crippen LogP) is 2.53. The molecule has 2 rings (SSSR count). The molecule has 1 aliphatic heterocycles. The van der Waals surface area contributed by atoms with Crippen LogP contribution in [0.1, 0.15) is 43.5 Å². The second kappa shape index (κ2) is 9.99. The molecule has 2 N–H and O–H groups in total. The van der Waals surface area contributed by atoms with Gasteiger partial charge in [0.05, 0.1) is 5.01 Å². The molecule has 0 radical (unpaired) electrons. The van der Waals surface area contributed by atoms with Crippen LogP contribution in [-0.4, -0.2) is 55.1 Å². The average molecular weight is 352 g/mol. The number of aryl methyl sites for hydroxylation is 1. The molecule has 1 aromatic rings. The van der Waals surface area contributed by atoms with Crippen LogP contribution in [0.15, 0.2) is 11.2 Å². The molecule has 6 heteroatoms. The van der Waals surface area contributed by atoms with Gasteiger partial charge in [0.1, 0.15) is 0 Å². The lowest BCUT2D eigenvalue weighted by atomic mass is 10.0. The number of nitrogens with one attached hydrogen (secondary N) is 2. The Balaban J connectivity index is 1.74. The summed E-state index contributed by atoms with van der Waals surface area (Å²) in [7, 11) is 1.84. The van der Waals surface area contributed by atoms with Crippen LogP contribution < -0.4 is 10.6 Å². The molecule has 0 spiro atoms. The van der Waals surface area contributed by atoms with E-state index >= 15 is 0 Å². The Morgan fingerprint density at radius 2 is 2.08 bits per heavy atom. The molecule has 24 heavy (non-hydrogen) atoms. The van der Waals surface area contributed by atoms with Gasteiger partial charge in [-0.15, -0.1) is 11.3 Å². The third kappa shape index (κ3) is 5.74. The van der Waals surface area contributed by atoms with E-state index in [2.05, 4.69) is 46.3 Å². The van der Waals surface area contributed by atoms with E-state index in [1.54, 1.807) is 0 Å². The summed E-state index contributed by atoms with van der Waals surface area (Å²) < 4.78 is 0. The van der Waals surface area contributed by atoms with E-state index in [0.717, 1.165) is 31.9 Å².